The Kier molecular flexibility index (Phi) is 4.29. The van der Waals surface area contributed by atoms with Crippen LogP contribution in [0.2, 0.25) is 0 Å². The van der Waals surface area contributed by atoms with Crippen LogP contribution in [0.1, 0.15) is 10.4 Å². The van der Waals surface area contributed by atoms with Crippen molar-refractivity contribution in [2.24, 2.45) is 7.05 Å². The minimum Gasteiger partial charge on any atom is -0.496 e. The van der Waals surface area contributed by atoms with Gasteiger partial charge in [0.1, 0.15) is 17.4 Å². The van der Waals surface area contributed by atoms with Crippen molar-refractivity contribution in [1.82, 2.24) is 9.55 Å². The third-order valence-corrected chi connectivity index (χ3v) is 3.61. The normalized spacial score (nSPS) is 10.5. The first-order valence-corrected chi connectivity index (χ1v) is 7.31. The fourth-order valence-electron chi connectivity index (χ4n) is 2.44. The van der Waals surface area contributed by atoms with E-state index >= 15 is 0 Å². The number of hydrogen-bond donors (Lipinski definition) is 1. The number of halogens is 1. The second-order valence-corrected chi connectivity index (χ2v) is 5.24. The Balaban J connectivity index is 1.88. The third-order valence-electron chi connectivity index (χ3n) is 3.61. The van der Waals surface area contributed by atoms with E-state index in [0.717, 1.165) is 17.5 Å². The number of benzene rings is 2. The molecule has 1 amide bonds. The SMILES string of the molecule is COc1ccc(F)cc1C(=O)Nc1cccc(-c2nccn2C)c1. The Bertz CT molecular complexity index is 889. The van der Waals surface area contributed by atoms with Gasteiger partial charge in [0, 0.05) is 30.7 Å². The van der Waals surface area contributed by atoms with Crippen molar-refractivity contribution in [1.29, 1.82) is 0 Å². The van der Waals surface area contributed by atoms with Gasteiger partial charge in [-0.2, -0.15) is 0 Å². The van der Waals surface area contributed by atoms with Crippen molar-refractivity contribution in [2.75, 3.05) is 12.4 Å². The second kappa shape index (κ2) is 6.54. The van der Waals surface area contributed by atoms with E-state index in [2.05, 4.69) is 10.3 Å². The lowest BCUT2D eigenvalue weighted by molar-refractivity contribution is 0.102. The smallest absolute Gasteiger partial charge is 0.259 e. The fourth-order valence-corrected chi connectivity index (χ4v) is 2.44. The maximum atomic E-state index is 13.4. The van der Waals surface area contributed by atoms with E-state index < -0.39 is 11.7 Å². The molecule has 0 aliphatic carbocycles. The highest BCUT2D eigenvalue weighted by Crippen LogP contribution is 2.23. The highest BCUT2D eigenvalue weighted by molar-refractivity contribution is 6.06. The minimum atomic E-state index is -0.497. The number of imidazole rings is 1. The maximum Gasteiger partial charge on any atom is 0.259 e. The summed E-state index contributed by atoms with van der Waals surface area (Å²) in [6, 6.07) is 11.1. The fraction of sp³-hybridized carbons (Fsp3) is 0.111. The van der Waals surface area contributed by atoms with E-state index in [1.54, 1.807) is 12.3 Å². The molecule has 0 bridgehead atoms. The Hall–Kier alpha value is -3.15. The number of aryl methyl sites for hydroxylation is 1. The first-order valence-electron chi connectivity index (χ1n) is 7.31. The molecular weight excluding hydrogens is 309 g/mol. The van der Waals surface area contributed by atoms with Crippen molar-refractivity contribution in [3.63, 3.8) is 0 Å². The van der Waals surface area contributed by atoms with E-state index in [0.29, 0.717) is 11.4 Å². The molecule has 0 atom stereocenters. The molecule has 0 unspecified atom stereocenters. The highest BCUT2D eigenvalue weighted by atomic mass is 19.1. The number of carbonyl (C=O) groups is 1. The molecule has 3 rings (SSSR count). The van der Waals surface area contributed by atoms with Crippen molar-refractivity contribution in [3.8, 4) is 17.1 Å². The topological polar surface area (TPSA) is 56.1 Å². The average molecular weight is 325 g/mol. The van der Waals surface area contributed by atoms with Crippen LogP contribution in [-0.2, 0) is 7.05 Å². The zero-order chi connectivity index (χ0) is 17.1. The molecule has 3 aromatic rings. The van der Waals surface area contributed by atoms with E-state index in [1.807, 2.05) is 36.0 Å². The van der Waals surface area contributed by atoms with E-state index in [-0.39, 0.29) is 5.56 Å². The molecule has 0 radical (unpaired) electrons. The molecule has 1 aromatic heterocycles. The predicted molar refractivity (Wildman–Crippen MR) is 89.5 cm³/mol. The van der Waals surface area contributed by atoms with Gasteiger partial charge in [-0.3, -0.25) is 4.79 Å². The molecule has 24 heavy (non-hydrogen) atoms. The van der Waals surface area contributed by atoms with E-state index in [4.69, 9.17) is 4.74 Å². The van der Waals surface area contributed by atoms with Gasteiger partial charge in [0.2, 0.25) is 0 Å². The van der Waals surface area contributed by atoms with E-state index in [1.165, 1.54) is 19.2 Å². The van der Waals surface area contributed by atoms with E-state index in [9.17, 15) is 9.18 Å². The van der Waals surface area contributed by atoms with Crippen LogP contribution in [0.3, 0.4) is 0 Å². The summed E-state index contributed by atoms with van der Waals surface area (Å²) in [6.45, 7) is 0. The summed E-state index contributed by atoms with van der Waals surface area (Å²) in [5, 5.41) is 2.76. The van der Waals surface area contributed by atoms with Gasteiger partial charge in [-0.15, -0.1) is 0 Å². The lowest BCUT2D eigenvalue weighted by Crippen LogP contribution is -2.13. The number of nitrogens with one attached hydrogen (secondary N) is 1. The molecule has 0 saturated carbocycles. The minimum absolute atomic E-state index is 0.139. The van der Waals surface area contributed by atoms with Gasteiger partial charge in [-0.25, -0.2) is 9.37 Å². The van der Waals surface area contributed by atoms with Crippen molar-refractivity contribution >= 4 is 11.6 Å². The summed E-state index contributed by atoms with van der Waals surface area (Å²) >= 11 is 0. The molecule has 5 nitrogen and oxygen atoms in total. The van der Waals surface area contributed by atoms with Gasteiger partial charge < -0.3 is 14.6 Å². The largest absolute Gasteiger partial charge is 0.496 e. The molecule has 6 heteroatoms. The number of anilines is 1. The monoisotopic (exact) mass is 325 g/mol. The van der Waals surface area contributed by atoms with Gasteiger partial charge in [-0.05, 0) is 30.3 Å². The number of ether oxygens (including phenoxy) is 1. The van der Waals surface area contributed by atoms with Gasteiger partial charge in [0.15, 0.2) is 0 Å². The Morgan fingerprint density at radius 2 is 2.08 bits per heavy atom. The Labute approximate surface area is 138 Å². The summed E-state index contributed by atoms with van der Waals surface area (Å²) in [6.07, 6.45) is 3.55. The number of hydrogen-bond acceptors (Lipinski definition) is 3. The van der Waals surface area contributed by atoms with Crippen LogP contribution in [0, 0.1) is 5.82 Å². The quantitative estimate of drug-likeness (QED) is 0.799. The first kappa shape index (κ1) is 15.7. The van der Waals surface area contributed by atoms with Crippen LogP contribution >= 0.6 is 0 Å². The number of amides is 1. The summed E-state index contributed by atoms with van der Waals surface area (Å²) in [4.78, 5) is 16.7. The standard InChI is InChI=1S/C18H16FN3O2/c1-22-9-8-20-17(22)12-4-3-5-14(10-12)21-18(23)15-11-13(19)6-7-16(15)24-2/h3-11H,1-2H3,(H,21,23). The number of rotatable bonds is 4. The van der Waals surface area contributed by atoms with Crippen LogP contribution in [0.5, 0.6) is 5.75 Å². The molecule has 1 heterocycles. The molecule has 0 saturated heterocycles. The highest BCUT2D eigenvalue weighted by Gasteiger charge is 2.14. The average Bonchev–Trinajstić information content (AvgIpc) is 3.01. The number of methoxy groups -OCH3 is 1. The summed E-state index contributed by atoms with van der Waals surface area (Å²) < 4.78 is 20.4. The van der Waals surface area contributed by atoms with Gasteiger partial charge in [-0.1, -0.05) is 12.1 Å². The molecule has 2 aromatic carbocycles. The molecule has 0 spiro atoms. The van der Waals surface area contributed by atoms with Crippen LogP contribution in [0.15, 0.2) is 54.9 Å². The molecule has 0 aliphatic rings. The lowest BCUT2D eigenvalue weighted by Gasteiger charge is -2.10. The maximum absolute atomic E-state index is 13.4. The van der Waals surface area contributed by atoms with Gasteiger partial charge >= 0.3 is 0 Å². The summed E-state index contributed by atoms with van der Waals surface area (Å²) in [7, 11) is 3.33. The molecule has 1 N–H and O–H groups in total. The second-order valence-electron chi connectivity index (χ2n) is 5.24. The lowest BCUT2D eigenvalue weighted by atomic mass is 10.1. The summed E-state index contributed by atoms with van der Waals surface area (Å²) in [5.41, 5.74) is 1.60. The predicted octanol–water partition coefficient (Wildman–Crippen LogP) is 3.49. The van der Waals surface area contributed by atoms with Gasteiger partial charge in [0.05, 0.1) is 12.7 Å². The van der Waals surface area contributed by atoms with Crippen LogP contribution in [0.25, 0.3) is 11.4 Å². The van der Waals surface area contributed by atoms with Crippen LogP contribution in [0.4, 0.5) is 10.1 Å². The summed E-state index contributed by atoms with van der Waals surface area (Å²) in [5.74, 6) is 0.162. The number of nitrogens with zero attached hydrogens (tertiary/aromatic N) is 2. The van der Waals surface area contributed by atoms with Gasteiger partial charge in [0.25, 0.3) is 5.91 Å². The van der Waals surface area contributed by atoms with Crippen molar-refractivity contribution < 1.29 is 13.9 Å². The molecular formula is C18H16FN3O2. The third kappa shape index (κ3) is 3.12. The first-order chi connectivity index (χ1) is 11.6. The van der Waals surface area contributed by atoms with Crippen LogP contribution in [-0.4, -0.2) is 22.6 Å². The molecule has 0 aliphatic heterocycles. The van der Waals surface area contributed by atoms with Crippen molar-refractivity contribution in [2.45, 2.75) is 0 Å². The molecule has 122 valence electrons. The number of carbonyl (C=O) groups excluding carboxylic acids is 1. The zero-order valence-corrected chi connectivity index (χ0v) is 13.3. The number of aromatic nitrogens is 2. The zero-order valence-electron chi connectivity index (χ0n) is 13.3. The Morgan fingerprint density at radius 1 is 1.25 bits per heavy atom. The van der Waals surface area contributed by atoms with Crippen molar-refractivity contribution in [3.05, 3.63) is 66.2 Å². The van der Waals surface area contributed by atoms with Crippen LogP contribution < -0.4 is 10.1 Å². The Morgan fingerprint density at radius 3 is 2.79 bits per heavy atom. The molecule has 0 fully saturated rings.